The van der Waals surface area contributed by atoms with Gasteiger partial charge in [-0.1, -0.05) is 6.07 Å². The Balaban J connectivity index is 1.84. The van der Waals surface area contributed by atoms with E-state index in [1.165, 1.54) is 28.8 Å². The second kappa shape index (κ2) is 10.4. The molecule has 0 saturated carbocycles. The molecule has 3 amide bonds. The lowest BCUT2D eigenvalue weighted by atomic mass is 10.1. The van der Waals surface area contributed by atoms with Gasteiger partial charge in [0.05, 0.1) is 18.2 Å². The van der Waals surface area contributed by atoms with Gasteiger partial charge in [-0.3, -0.25) is 19.1 Å². The third kappa shape index (κ3) is 5.57. The summed E-state index contributed by atoms with van der Waals surface area (Å²) in [7, 11) is 1.24. The molecule has 0 unspecified atom stereocenters. The number of benzene rings is 1. The Labute approximate surface area is 203 Å². The molecule has 3 rings (SSSR count). The number of pyridine rings is 1. The number of fused-ring (bicyclic) bond motifs is 1. The topological polar surface area (TPSA) is 150 Å². The minimum absolute atomic E-state index is 0.0804. The summed E-state index contributed by atoms with van der Waals surface area (Å²) >= 11 is 3.24. The van der Waals surface area contributed by atoms with Crippen LogP contribution in [-0.2, 0) is 20.9 Å². The molecule has 0 aliphatic carbocycles. The van der Waals surface area contributed by atoms with Crippen molar-refractivity contribution in [2.24, 2.45) is 5.73 Å². The molecular formula is C22H23BrN6O5. The molecule has 0 atom stereocenters. The van der Waals surface area contributed by atoms with Crippen molar-refractivity contribution in [2.45, 2.75) is 26.4 Å². The predicted octanol–water partition coefficient (Wildman–Crippen LogP) is 1.95. The normalized spacial score (nSPS) is 10.9. The maximum atomic E-state index is 13.1. The highest BCUT2D eigenvalue weighted by Crippen LogP contribution is 2.21. The number of carbonyl (C=O) groups is 4. The number of amides is 3. The van der Waals surface area contributed by atoms with Crippen molar-refractivity contribution < 1.29 is 23.9 Å². The van der Waals surface area contributed by atoms with Gasteiger partial charge in [0.2, 0.25) is 11.8 Å². The first-order valence-electron chi connectivity index (χ1n) is 10.2. The maximum absolute atomic E-state index is 13.1. The number of carbonyl (C=O) groups excluding carboxylic acids is 4. The fourth-order valence-corrected chi connectivity index (χ4v) is 3.66. The van der Waals surface area contributed by atoms with Crippen LogP contribution >= 0.6 is 15.9 Å². The summed E-state index contributed by atoms with van der Waals surface area (Å²) in [5.74, 6) is -1.86. The van der Waals surface area contributed by atoms with E-state index in [1.807, 2.05) is 0 Å². The molecule has 0 spiro atoms. The first-order chi connectivity index (χ1) is 16.1. The van der Waals surface area contributed by atoms with Crippen LogP contribution in [0.5, 0.6) is 0 Å². The van der Waals surface area contributed by atoms with Crippen LogP contribution < -0.4 is 11.1 Å². The van der Waals surface area contributed by atoms with Crippen LogP contribution in [0.1, 0.15) is 34.7 Å². The zero-order chi connectivity index (χ0) is 25.0. The smallest absolute Gasteiger partial charge is 0.337 e. The highest BCUT2D eigenvalue weighted by molar-refractivity contribution is 9.10. The minimum atomic E-state index is -0.806. The lowest BCUT2D eigenvalue weighted by molar-refractivity contribution is -0.137. The molecule has 0 saturated heterocycles. The molecular weight excluding hydrogens is 508 g/mol. The van der Waals surface area contributed by atoms with Crippen molar-refractivity contribution in [1.29, 1.82) is 0 Å². The average molecular weight is 531 g/mol. The fourth-order valence-electron chi connectivity index (χ4n) is 3.32. The first-order valence-corrected chi connectivity index (χ1v) is 11.0. The molecule has 34 heavy (non-hydrogen) atoms. The number of primary amides is 1. The molecule has 12 heteroatoms. The lowest BCUT2D eigenvalue weighted by Gasteiger charge is -2.26. The number of nitrogens with one attached hydrogen (secondary N) is 1. The Morgan fingerprint density at radius 1 is 1.21 bits per heavy atom. The molecule has 178 valence electrons. The summed E-state index contributed by atoms with van der Waals surface area (Å²) in [6, 6.07) is 9.28. The van der Waals surface area contributed by atoms with Crippen LogP contribution in [0.2, 0.25) is 0 Å². The van der Waals surface area contributed by atoms with Crippen LogP contribution in [0, 0.1) is 0 Å². The van der Waals surface area contributed by atoms with E-state index in [1.54, 1.807) is 38.1 Å². The Kier molecular flexibility index (Phi) is 7.61. The van der Waals surface area contributed by atoms with E-state index in [2.05, 4.69) is 31.3 Å². The van der Waals surface area contributed by atoms with Crippen molar-refractivity contribution in [3.8, 4) is 0 Å². The van der Waals surface area contributed by atoms with Gasteiger partial charge in [0, 0.05) is 11.4 Å². The van der Waals surface area contributed by atoms with Gasteiger partial charge in [0.25, 0.3) is 5.91 Å². The van der Waals surface area contributed by atoms with Crippen molar-refractivity contribution in [2.75, 3.05) is 19.0 Å². The third-order valence-electron chi connectivity index (χ3n) is 4.93. The molecule has 3 N–H and O–H groups in total. The predicted molar refractivity (Wildman–Crippen MR) is 127 cm³/mol. The van der Waals surface area contributed by atoms with Crippen molar-refractivity contribution in [3.63, 3.8) is 0 Å². The number of rotatable bonds is 8. The molecule has 11 nitrogen and oxygen atoms in total. The van der Waals surface area contributed by atoms with Gasteiger partial charge in [0.1, 0.15) is 23.5 Å². The molecule has 0 bridgehead atoms. The summed E-state index contributed by atoms with van der Waals surface area (Å²) in [5, 5.41) is 7.15. The number of nitrogens with two attached hydrogens (primary N) is 1. The molecule has 1 aromatic carbocycles. The SMILES string of the molecule is COC(=O)c1ccc2c(c1)c(C(N)=O)nn2CC(=O)N(CC(=O)Nc1cccc(Br)n1)C(C)C. The monoisotopic (exact) mass is 530 g/mol. The Morgan fingerprint density at radius 2 is 1.94 bits per heavy atom. The van der Waals surface area contributed by atoms with Crippen LogP contribution in [0.15, 0.2) is 41.0 Å². The number of methoxy groups -OCH3 is 1. The van der Waals surface area contributed by atoms with Crippen LogP contribution in [0.4, 0.5) is 5.82 Å². The van der Waals surface area contributed by atoms with E-state index in [0.29, 0.717) is 21.3 Å². The number of anilines is 1. The van der Waals surface area contributed by atoms with E-state index in [9.17, 15) is 19.2 Å². The average Bonchev–Trinajstić information content (AvgIpc) is 3.14. The van der Waals surface area contributed by atoms with Gasteiger partial charge in [-0.2, -0.15) is 5.10 Å². The summed E-state index contributed by atoms with van der Waals surface area (Å²) in [5.41, 5.74) is 6.02. The van der Waals surface area contributed by atoms with Gasteiger partial charge in [-0.05, 0) is 60.1 Å². The van der Waals surface area contributed by atoms with Gasteiger partial charge in [-0.25, -0.2) is 9.78 Å². The summed E-state index contributed by atoms with van der Waals surface area (Å²) < 4.78 is 6.60. The number of aromatic nitrogens is 3. The highest BCUT2D eigenvalue weighted by atomic mass is 79.9. The number of halogens is 1. The number of hydrogen-bond acceptors (Lipinski definition) is 7. The minimum Gasteiger partial charge on any atom is -0.465 e. The molecule has 0 fully saturated rings. The van der Waals surface area contributed by atoms with E-state index < -0.39 is 23.7 Å². The molecule has 2 heterocycles. The Bertz CT molecular complexity index is 1270. The summed E-state index contributed by atoms with van der Waals surface area (Å²) in [4.78, 5) is 55.0. The standard InChI is InChI=1S/C22H23BrN6O5/c1-12(2)28(10-18(30)26-17-6-4-5-16(23)25-17)19(31)11-29-15-8-7-13(22(33)34-3)9-14(15)20(27-29)21(24)32/h4-9,12H,10-11H2,1-3H3,(H2,24,32)(H,25,26,30). The van der Waals surface area contributed by atoms with Gasteiger partial charge >= 0.3 is 5.97 Å². The molecule has 0 aliphatic rings. The number of esters is 1. The summed E-state index contributed by atoms with van der Waals surface area (Å²) in [6.45, 7) is 3.10. The van der Waals surface area contributed by atoms with Gasteiger partial charge in [0.15, 0.2) is 5.69 Å². The van der Waals surface area contributed by atoms with E-state index in [4.69, 9.17) is 10.5 Å². The number of nitrogens with zero attached hydrogens (tertiary/aromatic N) is 4. The highest BCUT2D eigenvalue weighted by Gasteiger charge is 2.24. The van der Waals surface area contributed by atoms with Gasteiger partial charge < -0.3 is 20.7 Å². The zero-order valence-corrected chi connectivity index (χ0v) is 20.3. The van der Waals surface area contributed by atoms with Crippen LogP contribution in [-0.4, -0.2) is 63.1 Å². The quantitative estimate of drug-likeness (QED) is 0.333. The van der Waals surface area contributed by atoms with Crippen molar-refractivity contribution in [1.82, 2.24) is 19.7 Å². The number of ether oxygens (including phenoxy) is 1. The van der Waals surface area contributed by atoms with Crippen LogP contribution in [0.25, 0.3) is 10.9 Å². The zero-order valence-electron chi connectivity index (χ0n) is 18.7. The Hall–Kier alpha value is -3.80. The molecule has 0 aliphatic heterocycles. The second-order valence-corrected chi connectivity index (χ2v) is 8.42. The fraction of sp³-hybridized carbons (Fsp3) is 0.273. The molecule has 3 aromatic rings. The van der Waals surface area contributed by atoms with Crippen LogP contribution in [0.3, 0.4) is 0 Å². The maximum Gasteiger partial charge on any atom is 0.337 e. The second-order valence-electron chi connectivity index (χ2n) is 7.60. The van der Waals surface area contributed by atoms with Crippen molar-refractivity contribution >= 4 is 56.3 Å². The summed E-state index contributed by atoms with van der Waals surface area (Å²) in [6.07, 6.45) is 0. The van der Waals surface area contributed by atoms with E-state index in [-0.39, 0.29) is 30.4 Å². The number of hydrogen-bond donors (Lipinski definition) is 2. The largest absolute Gasteiger partial charge is 0.465 e. The van der Waals surface area contributed by atoms with E-state index in [0.717, 1.165) is 0 Å². The van der Waals surface area contributed by atoms with Gasteiger partial charge in [-0.15, -0.1) is 0 Å². The first kappa shape index (κ1) is 24.8. The lowest BCUT2D eigenvalue weighted by Crippen LogP contribution is -2.44. The Morgan fingerprint density at radius 3 is 2.56 bits per heavy atom. The van der Waals surface area contributed by atoms with E-state index >= 15 is 0 Å². The molecule has 2 aromatic heterocycles. The molecule has 0 radical (unpaired) electrons. The van der Waals surface area contributed by atoms with Crippen molar-refractivity contribution in [3.05, 3.63) is 52.3 Å². The third-order valence-corrected chi connectivity index (χ3v) is 5.37.